The molecule has 0 bridgehead atoms. The van der Waals surface area contributed by atoms with Gasteiger partial charge < -0.3 is 15.0 Å². The highest BCUT2D eigenvalue weighted by Crippen LogP contribution is 2.31. The number of H-pyrrole nitrogens is 1. The molecule has 1 aromatic carbocycles. The number of nitrogens with one attached hydrogen (secondary N) is 2. The highest BCUT2D eigenvalue weighted by molar-refractivity contribution is 5.92. The SMILES string of the molecule is CC(Nc1n[nH]c(=O)c2cnc(C3=CCCN(C(=O)OC(C)(C)C)C3)cc12)c1cccc(C(F)F)c1F. The van der Waals surface area contributed by atoms with Gasteiger partial charge in [0.15, 0.2) is 5.82 Å². The van der Waals surface area contributed by atoms with Crippen LogP contribution >= 0.6 is 0 Å². The third kappa shape index (κ3) is 5.76. The fraction of sp³-hybridized carbons (Fsp3) is 0.385. The second-order valence-electron chi connectivity index (χ2n) is 9.85. The van der Waals surface area contributed by atoms with Crippen molar-refractivity contribution in [1.82, 2.24) is 20.1 Å². The summed E-state index contributed by atoms with van der Waals surface area (Å²) in [5, 5.41) is 10.1. The lowest BCUT2D eigenvalue weighted by molar-refractivity contribution is 0.0273. The van der Waals surface area contributed by atoms with Crippen LogP contribution in [-0.2, 0) is 4.74 Å². The predicted octanol–water partition coefficient (Wildman–Crippen LogP) is 5.59. The number of aromatic nitrogens is 3. The van der Waals surface area contributed by atoms with Gasteiger partial charge in [0.05, 0.1) is 29.2 Å². The highest BCUT2D eigenvalue weighted by atomic mass is 19.3. The zero-order valence-corrected chi connectivity index (χ0v) is 20.9. The number of alkyl halides is 2. The number of ether oxygens (including phenoxy) is 1. The molecule has 2 aromatic heterocycles. The number of carbonyl (C=O) groups excluding carboxylic acids is 1. The molecular formula is C26H28F3N5O3. The summed E-state index contributed by atoms with van der Waals surface area (Å²) in [5.41, 5.74) is -0.431. The summed E-state index contributed by atoms with van der Waals surface area (Å²) in [6.45, 7) is 7.77. The van der Waals surface area contributed by atoms with Crippen molar-refractivity contribution >= 4 is 28.3 Å². The first-order chi connectivity index (χ1) is 17.4. The van der Waals surface area contributed by atoms with Crippen molar-refractivity contribution in [3.8, 4) is 0 Å². The van der Waals surface area contributed by atoms with Gasteiger partial charge >= 0.3 is 6.09 Å². The van der Waals surface area contributed by atoms with Gasteiger partial charge in [0.2, 0.25) is 0 Å². The van der Waals surface area contributed by atoms with E-state index >= 15 is 0 Å². The Hall–Kier alpha value is -3.89. The van der Waals surface area contributed by atoms with E-state index in [2.05, 4.69) is 20.5 Å². The van der Waals surface area contributed by atoms with E-state index in [-0.39, 0.29) is 23.3 Å². The molecule has 2 N–H and O–H groups in total. The molecule has 1 atom stereocenters. The van der Waals surface area contributed by atoms with Gasteiger partial charge in [-0.05, 0) is 45.8 Å². The number of hydrogen-bond donors (Lipinski definition) is 2. The molecule has 0 fully saturated rings. The molecular weight excluding hydrogens is 487 g/mol. The Balaban J connectivity index is 1.65. The van der Waals surface area contributed by atoms with E-state index in [0.29, 0.717) is 24.0 Å². The van der Waals surface area contributed by atoms with E-state index in [9.17, 15) is 22.8 Å². The first kappa shape index (κ1) is 26.2. The number of aromatic amines is 1. The molecule has 1 aliphatic heterocycles. The Labute approximate surface area is 211 Å². The zero-order chi connectivity index (χ0) is 26.9. The first-order valence-electron chi connectivity index (χ1n) is 11.8. The second kappa shape index (κ2) is 10.2. The number of hydrogen-bond acceptors (Lipinski definition) is 6. The molecule has 1 unspecified atom stereocenters. The van der Waals surface area contributed by atoms with Crippen molar-refractivity contribution < 1.29 is 22.7 Å². The lowest BCUT2D eigenvalue weighted by Crippen LogP contribution is -2.39. The van der Waals surface area contributed by atoms with Crippen LogP contribution in [0.15, 0.2) is 41.3 Å². The first-order valence-corrected chi connectivity index (χ1v) is 11.8. The van der Waals surface area contributed by atoms with E-state index in [0.717, 1.165) is 11.6 Å². The highest BCUT2D eigenvalue weighted by Gasteiger charge is 2.26. The van der Waals surface area contributed by atoms with Gasteiger partial charge in [-0.1, -0.05) is 24.3 Å². The molecule has 0 saturated heterocycles. The van der Waals surface area contributed by atoms with Crippen molar-refractivity contribution in [3.63, 3.8) is 0 Å². The molecule has 1 amide bonds. The third-order valence-electron chi connectivity index (χ3n) is 5.92. The smallest absolute Gasteiger partial charge is 0.410 e. The van der Waals surface area contributed by atoms with Crippen LogP contribution in [0, 0.1) is 5.82 Å². The van der Waals surface area contributed by atoms with Gasteiger partial charge in [-0.3, -0.25) is 9.78 Å². The van der Waals surface area contributed by atoms with Crippen LogP contribution in [0.1, 0.15) is 63.4 Å². The van der Waals surface area contributed by atoms with Gasteiger partial charge in [0.25, 0.3) is 12.0 Å². The van der Waals surface area contributed by atoms with Gasteiger partial charge in [0, 0.05) is 23.7 Å². The van der Waals surface area contributed by atoms with Crippen LogP contribution in [0.3, 0.4) is 0 Å². The molecule has 0 aliphatic carbocycles. The third-order valence-corrected chi connectivity index (χ3v) is 5.92. The molecule has 0 spiro atoms. The Morgan fingerprint density at radius 3 is 2.65 bits per heavy atom. The number of fused-ring (bicyclic) bond motifs is 1. The van der Waals surface area contributed by atoms with Crippen LogP contribution in [0.2, 0.25) is 0 Å². The van der Waals surface area contributed by atoms with Crippen LogP contribution < -0.4 is 10.9 Å². The molecule has 0 radical (unpaired) electrons. The standard InChI is InChI=1S/C26H28F3N5O3/c1-14(16-8-5-9-17(21(16)27)22(28)29)31-23-18-11-20(30-12-19(18)24(35)33-32-23)15-7-6-10-34(13-15)25(36)37-26(2,3)4/h5,7-9,11-12,14,22H,6,10,13H2,1-4H3,(H,31,32)(H,33,35). The Morgan fingerprint density at radius 1 is 1.22 bits per heavy atom. The van der Waals surface area contributed by atoms with Crippen molar-refractivity contribution in [2.45, 2.75) is 52.2 Å². The summed E-state index contributed by atoms with van der Waals surface area (Å²) in [4.78, 5) is 31.0. The Morgan fingerprint density at radius 2 is 1.95 bits per heavy atom. The average molecular weight is 516 g/mol. The largest absolute Gasteiger partial charge is 0.444 e. The van der Waals surface area contributed by atoms with Crippen molar-refractivity contribution in [3.05, 3.63) is 69.5 Å². The minimum atomic E-state index is -2.95. The average Bonchev–Trinajstić information content (AvgIpc) is 2.84. The summed E-state index contributed by atoms with van der Waals surface area (Å²) in [7, 11) is 0. The van der Waals surface area contributed by atoms with E-state index in [4.69, 9.17) is 4.74 Å². The van der Waals surface area contributed by atoms with Crippen LogP contribution in [-0.4, -0.2) is 44.9 Å². The fourth-order valence-electron chi connectivity index (χ4n) is 4.11. The molecule has 8 nitrogen and oxygen atoms in total. The minimum Gasteiger partial charge on any atom is -0.444 e. The van der Waals surface area contributed by atoms with E-state index in [1.165, 1.54) is 18.3 Å². The molecule has 0 saturated carbocycles. The summed E-state index contributed by atoms with van der Waals surface area (Å²) in [6, 6.07) is 4.75. The maximum absolute atomic E-state index is 14.7. The summed E-state index contributed by atoms with van der Waals surface area (Å²) in [5.74, 6) is -0.767. The molecule has 4 rings (SSSR count). The van der Waals surface area contributed by atoms with E-state index in [1.54, 1.807) is 38.7 Å². The van der Waals surface area contributed by atoms with Gasteiger partial charge in [-0.15, -0.1) is 0 Å². The van der Waals surface area contributed by atoms with Crippen molar-refractivity contribution in [1.29, 1.82) is 0 Å². The monoisotopic (exact) mass is 515 g/mol. The summed E-state index contributed by atoms with van der Waals surface area (Å²) in [6.07, 6.45) is 0.602. The summed E-state index contributed by atoms with van der Waals surface area (Å²) < 4.78 is 46.5. The van der Waals surface area contributed by atoms with Gasteiger partial charge in [-0.25, -0.2) is 23.1 Å². The number of rotatable bonds is 5. The van der Waals surface area contributed by atoms with Gasteiger partial charge in [0.1, 0.15) is 11.4 Å². The molecule has 11 heteroatoms. The lowest BCUT2D eigenvalue weighted by atomic mass is 10.0. The van der Waals surface area contributed by atoms with Crippen LogP contribution in [0.4, 0.5) is 23.8 Å². The molecule has 37 heavy (non-hydrogen) atoms. The van der Waals surface area contributed by atoms with Crippen LogP contribution in [0.25, 0.3) is 16.3 Å². The summed E-state index contributed by atoms with van der Waals surface area (Å²) >= 11 is 0. The predicted molar refractivity (Wildman–Crippen MR) is 134 cm³/mol. The molecule has 3 aromatic rings. The number of pyridine rings is 1. The van der Waals surface area contributed by atoms with E-state index in [1.807, 2.05) is 6.08 Å². The number of halogens is 3. The number of nitrogens with zero attached hydrogens (tertiary/aromatic N) is 3. The maximum atomic E-state index is 14.7. The van der Waals surface area contributed by atoms with E-state index < -0.39 is 41.1 Å². The number of anilines is 1. The number of benzene rings is 1. The number of amides is 1. The molecule has 3 heterocycles. The minimum absolute atomic E-state index is 0.0382. The Bertz CT molecular complexity index is 1410. The fourth-order valence-corrected chi connectivity index (χ4v) is 4.11. The van der Waals surface area contributed by atoms with Crippen LogP contribution in [0.5, 0.6) is 0 Å². The zero-order valence-electron chi connectivity index (χ0n) is 20.9. The van der Waals surface area contributed by atoms with Crippen molar-refractivity contribution in [2.75, 3.05) is 18.4 Å². The van der Waals surface area contributed by atoms with Gasteiger partial charge in [-0.2, -0.15) is 5.10 Å². The molecule has 196 valence electrons. The normalized spacial score (nSPS) is 15.0. The molecule has 1 aliphatic rings. The lowest BCUT2D eigenvalue weighted by Gasteiger charge is -2.30. The second-order valence-corrected chi connectivity index (χ2v) is 9.85. The number of carbonyl (C=O) groups is 1. The van der Waals surface area contributed by atoms with Crippen molar-refractivity contribution in [2.24, 2.45) is 0 Å². The maximum Gasteiger partial charge on any atom is 0.410 e. The topological polar surface area (TPSA) is 100 Å². The Kier molecular flexibility index (Phi) is 7.24. The quantitative estimate of drug-likeness (QED) is 0.459.